The highest BCUT2D eigenvalue weighted by atomic mass is 31.2. The van der Waals surface area contributed by atoms with Crippen LogP contribution in [0.15, 0.2) is 97.2 Å². The summed E-state index contributed by atoms with van der Waals surface area (Å²) in [5.41, 5.74) is 5.40. The lowest BCUT2D eigenvalue weighted by molar-refractivity contribution is -0.161. The van der Waals surface area contributed by atoms with Crippen molar-refractivity contribution in [2.75, 3.05) is 26.4 Å². The van der Waals surface area contributed by atoms with Crippen molar-refractivity contribution >= 4 is 19.8 Å². The van der Waals surface area contributed by atoms with Crippen LogP contribution in [0.2, 0.25) is 0 Å². The van der Waals surface area contributed by atoms with E-state index in [-0.39, 0.29) is 38.6 Å². The number of carbonyl (C=O) groups is 2. The summed E-state index contributed by atoms with van der Waals surface area (Å²) in [5, 5.41) is 0. The van der Waals surface area contributed by atoms with Crippen LogP contribution in [0.4, 0.5) is 0 Å². The molecule has 10 heteroatoms. The molecule has 0 heterocycles. The van der Waals surface area contributed by atoms with Crippen molar-refractivity contribution in [1.82, 2.24) is 0 Å². The van der Waals surface area contributed by atoms with Crippen LogP contribution in [0.5, 0.6) is 0 Å². The Morgan fingerprint density at radius 2 is 0.647 bits per heavy atom. The Labute approximate surface area is 525 Å². The highest BCUT2D eigenvalue weighted by molar-refractivity contribution is 7.47. The zero-order valence-corrected chi connectivity index (χ0v) is 56.2. The van der Waals surface area contributed by atoms with Crippen LogP contribution in [-0.4, -0.2) is 49.3 Å². The third-order valence-corrected chi connectivity index (χ3v) is 16.5. The maximum Gasteiger partial charge on any atom is 0.472 e. The van der Waals surface area contributed by atoms with Gasteiger partial charge in [0.05, 0.1) is 13.2 Å². The second kappa shape index (κ2) is 70.0. The molecule has 0 amide bonds. The minimum atomic E-state index is -4.39. The Morgan fingerprint density at radius 1 is 0.365 bits per heavy atom. The molecule has 2 atom stereocenters. The minimum absolute atomic E-state index is 0.0531. The third kappa shape index (κ3) is 69.9. The molecule has 0 aliphatic carbocycles. The van der Waals surface area contributed by atoms with Crippen molar-refractivity contribution in [3.8, 4) is 0 Å². The van der Waals surface area contributed by atoms with E-state index in [0.29, 0.717) is 6.42 Å². The summed E-state index contributed by atoms with van der Waals surface area (Å²) in [7, 11) is -4.39. The first-order valence-electron chi connectivity index (χ1n) is 35.7. The van der Waals surface area contributed by atoms with Gasteiger partial charge in [0.2, 0.25) is 0 Å². The standard InChI is InChI=1S/C75H134NO8P/c1-3-5-7-9-11-13-15-17-19-21-23-25-27-28-29-30-31-32-33-34-35-36-37-38-39-40-41-42-43-44-46-48-50-52-54-56-58-60-62-64-66-68-75(78)84-73(72-83-85(79,80)82-70-69-76)71-81-74(77)67-65-63-61-59-57-55-53-51-49-47-45-26-24-22-20-18-16-14-12-10-8-6-4-2/h5,7,11,13,17,19,23,25,28-29,31-32,34-35,37-38,73H,3-4,6,8-10,12,14-16,18,20-22,24,26-27,30,33,36,39-72,76H2,1-2H3,(H,79,80)/b7-5-,13-11-,19-17-,25-23-,29-28-,32-31-,35-34-,38-37-. The highest BCUT2D eigenvalue weighted by Crippen LogP contribution is 2.43. The summed E-state index contributed by atoms with van der Waals surface area (Å²) in [6, 6.07) is 0. The van der Waals surface area contributed by atoms with Gasteiger partial charge in [0, 0.05) is 19.4 Å². The third-order valence-electron chi connectivity index (χ3n) is 15.5. The zero-order valence-electron chi connectivity index (χ0n) is 55.3. The number of esters is 2. The van der Waals surface area contributed by atoms with Crippen molar-refractivity contribution in [2.24, 2.45) is 5.73 Å². The Balaban J connectivity index is 3.84. The lowest BCUT2D eigenvalue weighted by Gasteiger charge is -2.19. The molecular formula is C75H134NO8P. The summed E-state index contributed by atoms with van der Waals surface area (Å²) in [6.07, 6.45) is 95.1. The maximum atomic E-state index is 12.8. The minimum Gasteiger partial charge on any atom is -0.462 e. The van der Waals surface area contributed by atoms with E-state index in [4.69, 9.17) is 24.3 Å². The molecule has 3 N–H and O–H groups in total. The second-order valence-electron chi connectivity index (χ2n) is 23.7. The molecule has 85 heavy (non-hydrogen) atoms. The average molecular weight is 1210 g/mol. The summed E-state index contributed by atoms with van der Waals surface area (Å²) < 4.78 is 33.2. The van der Waals surface area contributed by atoms with Gasteiger partial charge in [-0.3, -0.25) is 18.6 Å². The lowest BCUT2D eigenvalue weighted by atomic mass is 10.0. The molecule has 0 bridgehead atoms. The van der Waals surface area contributed by atoms with Crippen LogP contribution >= 0.6 is 7.82 Å². The molecule has 2 unspecified atom stereocenters. The first-order chi connectivity index (χ1) is 41.8. The summed E-state index contributed by atoms with van der Waals surface area (Å²) in [4.78, 5) is 35.4. The van der Waals surface area contributed by atoms with Gasteiger partial charge in [-0.15, -0.1) is 0 Å². The number of nitrogens with two attached hydrogens (primary N) is 1. The van der Waals surface area contributed by atoms with E-state index in [9.17, 15) is 19.0 Å². The van der Waals surface area contributed by atoms with E-state index in [1.54, 1.807) is 0 Å². The molecule has 0 fully saturated rings. The summed E-state index contributed by atoms with van der Waals surface area (Å²) in [5.74, 6) is -0.813. The Kier molecular flexibility index (Phi) is 67.5. The van der Waals surface area contributed by atoms with Crippen LogP contribution in [0.25, 0.3) is 0 Å². The van der Waals surface area contributed by atoms with Gasteiger partial charge >= 0.3 is 19.8 Å². The molecule has 0 aromatic rings. The zero-order chi connectivity index (χ0) is 61.6. The molecule has 9 nitrogen and oxygen atoms in total. The average Bonchev–Trinajstić information content (AvgIpc) is 3.52. The summed E-state index contributed by atoms with van der Waals surface area (Å²) >= 11 is 0. The number of ether oxygens (including phenoxy) is 2. The molecule has 0 spiro atoms. The van der Waals surface area contributed by atoms with Gasteiger partial charge in [-0.2, -0.15) is 0 Å². The molecule has 0 aromatic heterocycles. The number of hydrogen-bond acceptors (Lipinski definition) is 8. The number of carbonyl (C=O) groups excluding carboxylic acids is 2. The molecule has 0 radical (unpaired) electrons. The number of allylic oxidation sites excluding steroid dienone is 16. The molecular weight excluding hydrogens is 1070 g/mol. The first kappa shape index (κ1) is 81.9. The van der Waals surface area contributed by atoms with Crippen molar-refractivity contribution in [2.45, 2.75) is 341 Å². The molecule has 492 valence electrons. The monoisotopic (exact) mass is 1210 g/mol. The fourth-order valence-electron chi connectivity index (χ4n) is 10.2. The number of phosphoric acid groups is 1. The van der Waals surface area contributed by atoms with E-state index < -0.39 is 26.5 Å². The molecule has 0 aliphatic heterocycles. The van der Waals surface area contributed by atoms with Crippen molar-refractivity contribution < 1.29 is 37.6 Å². The first-order valence-corrected chi connectivity index (χ1v) is 37.2. The van der Waals surface area contributed by atoms with E-state index in [2.05, 4.69) is 111 Å². The van der Waals surface area contributed by atoms with Gasteiger partial charge in [0.15, 0.2) is 6.10 Å². The number of phosphoric ester groups is 1. The predicted octanol–water partition coefficient (Wildman–Crippen LogP) is 23.5. The van der Waals surface area contributed by atoms with Gasteiger partial charge in [0.25, 0.3) is 0 Å². The molecule has 0 aliphatic rings. The van der Waals surface area contributed by atoms with Crippen LogP contribution in [0.1, 0.15) is 335 Å². The fraction of sp³-hybridized carbons (Fsp3) is 0.760. The van der Waals surface area contributed by atoms with Gasteiger partial charge in [-0.1, -0.05) is 342 Å². The predicted molar refractivity (Wildman–Crippen MR) is 367 cm³/mol. The topological polar surface area (TPSA) is 134 Å². The fourth-order valence-corrected chi connectivity index (χ4v) is 11.0. The molecule has 0 rings (SSSR count). The Hall–Kier alpha value is -3.07. The van der Waals surface area contributed by atoms with Crippen LogP contribution in [0.3, 0.4) is 0 Å². The normalized spacial score (nSPS) is 13.5. The Morgan fingerprint density at radius 3 is 0.965 bits per heavy atom. The van der Waals surface area contributed by atoms with E-state index in [0.717, 1.165) is 89.9 Å². The van der Waals surface area contributed by atoms with E-state index in [1.807, 2.05) is 0 Å². The Bertz CT molecular complexity index is 1720. The summed E-state index contributed by atoms with van der Waals surface area (Å²) in [6.45, 7) is 3.68. The van der Waals surface area contributed by atoms with Gasteiger partial charge in [-0.05, 0) is 77.0 Å². The molecule has 0 saturated heterocycles. The van der Waals surface area contributed by atoms with Crippen molar-refractivity contribution in [3.63, 3.8) is 0 Å². The van der Waals surface area contributed by atoms with Gasteiger partial charge in [-0.25, -0.2) is 4.57 Å². The van der Waals surface area contributed by atoms with Crippen LogP contribution in [0, 0.1) is 0 Å². The van der Waals surface area contributed by atoms with Crippen LogP contribution in [-0.2, 0) is 32.7 Å². The maximum absolute atomic E-state index is 12.8. The van der Waals surface area contributed by atoms with Crippen LogP contribution < -0.4 is 5.73 Å². The van der Waals surface area contributed by atoms with E-state index in [1.165, 1.54) is 212 Å². The molecule has 0 saturated carbocycles. The smallest absolute Gasteiger partial charge is 0.462 e. The van der Waals surface area contributed by atoms with Crippen molar-refractivity contribution in [3.05, 3.63) is 97.2 Å². The van der Waals surface area contributed by atoms with Crippen molar-refractivity contribution in [1.29, 1.82) is 0 Å². The van der Waals surface area contributed by atoms with Gasteiger partial charge < -0.3 is 20.1 Å². The second-order valence-corrected chi connectivity index (χ2v) is 25.2. The largest absolute Gasteiger partial charge is 0.472 e. The SMILES string of the molecule is CC/C=C\C/C=C\C/C=C\C/C=C\C/C=C\C/C=C\C/C=C\C/C=C\CCCCCCCCCCCCCCCCCCC(=O)OC(COC(=O)CCCCCCCCCCCCCCCCCCCCCCCCC)COP(=O)(O)OCCN. The lowest BCUT2D eigenvalue weighted by Crippen LogP contribution is -2.29. The number of hydrogen-bond donors (Lipinski definition) is 2. The number of unbranched alkanes of at least 4 members (excludes halogenated alkanes) is 38. The van der Waals surface area contributed by atoms with Gasteiger partial charge in [0.1, 0.15) is 6.61 Å². The molecule has 0 aromatic carbocycles. The number of rotatable bonds is 67. The highest BCUT2D eigenvalue weighted by Gasteiger charge is 2.26. The van der Waals surface area contributed by atoms with E-state index >= 15 is 0 Å². The quantitative estimate of drug-likeness (QED) is 0.0264.